The number of hydrogen-bond acceptors (Lipinski definition) is 2. The van der Waals surface area contributed by atoms with Gasteiger partial charge in [0.15, 0.2) is 0 Å². The average molecular weight is 312 g/mol. The van der Waals surface area contributed by atoms with E-state index in [1.54, 1.807) is 0 Å². The van der Waals surface area contributed by atoms with Gasteiger partial charge in [-0.2, -0.15) is 0 Å². The van der Waals surface area contributed by atoms with Crippen LogP contribution in [0.25, 0.3) is 0 Å². The molecule has 0 saturated heterocycles. The second-order valence-corrected chi connectivity index (χ2v) is 6.37. The number of allylic oxidation sites excluding steroid dienone is 2. The van der Waals surface area contributed by atoms with Gasteiger partial charge in [-0.1, -0.05) is 51.2 Å². The molecule has 3 N–H and O–H groups in total. The molecule has 0 aromatic heterocycles. The summed E-state index contributed by atoms with van der Waals surface area (Å²) in [5.41, 5.74) is 5.10. The molecule has 0 aliphatic heterocycles. The molecule has 0 heterocycles. The number of aliphatic hydroxyl groups excluding tert-OH is 1. The minimum Gasteiger partial charge on any atom is -0.396 e. The fourth-order valence-corrected chi connectivity index (χ4v) is 2.76. The predicted molar refractivity (Wildman–Crippen MR) is 94.6 cm³/mol. The lowest BCUT2D eigenvalue weighted by atomic mass is 9.97. The van der Waals surface area contributed by atoms with Gasteiger partial charge in [0, 0.05) is 13.0 Å². The number of carbonyl (C=O) groups excluding carboxylic acids is 1. The number of amides is 1. The van der Waals surface area contributed by atoms with Crippen LogP contribution in [0.1, 0.15) is 90.4 Å². The van der Waals surface area contributed by atoms with Gasteiger partial charge in [-0.05, 0) is 50.9 Å². The zero-order chi connectivity index (χ0) is 16.5. The number of nitrogens with two attached hydrogens (primary N) is 1. The van der Waals surface area contributed by atoms with Gasteiger partial charge in [0.1, 0.15) is 0 Å². The first kappa shape index (κ1) is 21.2. The number of unbranched alkanes of at least 4 members (excludes halogenated alkanes) is 7. The van der Waals surface area contributed by atoms with Gasteiger partial charge >= 0.3 is 0 Å². The largest absolute Gasteiger partial charge is 0.396 e. The number of carbonyl (C=O) groups is 1. The standard InChI is InChI=1S/C19H37NO2/c1-2-14-18(17-21)15-12-10-8-6-4-3-5-7-9-11-13-16-19(20)22/h4,6,18,21H,2-3,5,7-17H2,1H3,(H2,20,22)/b6-4-. The quantitative estimate of drug-likeness (QED) is 0.320. The Bertz CT molecular complexity index is 277. The minimum absolute atomic E-state index is 0.178. The van der Waals surface area contributed by atoms with Crippen molar-refractivity contribution in [2.45, 2.75) is 90.4 Å². The molecule has 1 atom stereocenters. The van der Waals surface area contributed by atoms with E-state index in [-0.39, 0.29) is 5.91 Å². The summed E-state index contributed by atoms with van der Waals surface area (Å²) in [6, 6.07) is 0. The summed E-state index contributed by atoms with van der Waals surface area (Å²) in [7, 11) is 0. The van der Waals surface area contributed by atoms with Crippen LogP contribution in [0.15, 0.2) is 12.2 Å². The highest BCUT2D eigenvalue weighted by molar-refractivity contribution is 5.73. The summed E-state index contributed by atoms with van der Waals surface area (Å²) in [5, 5.41) is 9.22. The van der Waals surface area contributed by atoms with Gasteiger partial charge in [0.2, 0.25) is 5.91 Å². The normalized spacial score (nSPS) is 12.8. The molecule has 0 aromatic carbocycles. The minimum atomic E-state index is -0.178. The molecule has 1 amide bonds. The second kappa shape index (κ2) is 16.5. The Morgan fingerprint density at radius 2 is 1.55 bits per heavy atom. The van der Waals surface area contributed by atoms with Crippen LogP contribution < -0.4 is 5.73 Å². The molecule has 0 bridgehead atoms. The number of aliphatic hydroxyl groups is 1. The Balaban J connectivity index is 3.25. The lowest BCUT2D eigenvalue weighted by Crippen LogP contribution is -2.09. The number of hydrogen-bond donors (Lipinski definition) is 2. The fraction of sp³-hybridized carbons (Fsp3) is 0.842. The van der Waals surface area contributed by atoms with E-state index in [0.29, 0.717) is 18.9 Å². The number of rotatable bonds is 16. The Labute approximate surface area is 137 Å². The van der Waals surface area contributed by atoms with E-state index >= 15 is 0 Å². The third kappa shape index (κ3) is 15.6. The lowest BCUT2D eigenvalue weighted by molar-refractivity contribution is -0.118. The number of primary amides is 1. The fourth-order valence-electron chi connectivity index (χ4n) is 2.76. The molecule has 1 unspecified atom stereocenters. The lowest BCUT2D eigenvalue weighted by Gasteiger charge is -2.11. The first-order valence-electron chi connectivity index (χ1n) is 9.24. The topological polar surface area (TPSA) is 63.3 Å². The van der Waals surface area contributed by atoms with E-state index in [9.17, 15) is 9.90 Å². The zero-order valence-corrected chi connectivity index (χ0v) is 14.6. The van der Waals surface area contributed by atoms with Crippen molar-refractivity contribution < 1.29 is 9.90 Å². The predicted octanol–water partition coefficient (Wildman–Crippen LogP) is 4.73. The van der Waals surface area contributed by atoms with E-state index in [4.69, 9.17) is 5.73 Å². The van der Waals surface area contributed by atoms with E-state index in [0.717, 1.165) is 19.3 Å². The summed E-state index contributed by atoms with van der Waals surface area (Å²) < 4.78 is 0. The monoisotopic (exact) mass is 311 g/mol. The third-order valence-electron chi connectivity index (χ3n) is 4.15. The molecule has 3 heteroatoms. The average Bonchev–Trinajstić information content (AvgIpc) is 2.50. The summed E-state index contributed by atoms with van der Waals surface area (Å²) in [6.07, 6.45) is 19.2. The van der Waals surface area contributed by atoms with Crippen molar-refractivity contribution in [2.75, 3.05) is 6.61 Å². The molecule has 130 valence electrons. The van der Waals surface area contributed by atoms with Crippen LogP contribution in [0, 0.1) is 5.92 Å². The van der Waals surface area contributed by atoms with Crippen LogP contribution in [0.5, 0.6) is 0 Å². The summed E-state index contributed by atoms with van der Waals surface area (Å²) in [4.78, 5) is 10.6. The van der Waals surface area contributed by atoms with Crippen molar-refractivity contribution in [1.29, 1.82) is 0 Å². The highest BCUT2D eigenvalue weighted by atomic mass is 16.3. The molecular weight excluding hydrogens is 274 g/mol. The highest BCUT2D eigenvalue weighted by Crippen LogP contribution is 2.15. The van der Waals surface area contributed by atoms with Crippen LogP contribution in [0.4, 0.5) is 0 Å². The van der Waals surface area contributed by atoms with Gasteiger partial charge in [-0.25, -0.2) is 0 Å². The zero-order valence-electron chi connectivity index (χ0n) is 14.6. The molecule has 22 heavy (non-hydrogen) atoms. The Hall–Kier alpha value is -0.830. The van der Waals surface area contributed by atoms with Gasteiger partial charge < -0.3 is 10.8 Å². The van der Waals surface area contributed by atoms with E-state index in [2.05, 4.69) is 19.1 Å². The van der Waals surface area contributed by atoms with Gasteiger partial charge in [-0.3, -0.25) is 4.79 Å². The molecular formula is C19H37NO2. The van der Waals surface area contributed by atoms with Crippen LogP contribution >= 0.6 is 0 Å². The molecule has 0 radical (unpaired) electrons. The molecule has 0 spiro atoms. The highest BCUT2D eigenvalue weighted by Gasteiger charge is 2.04. The van der Waals surface area contributed by atoms with Gasteiger partial charge in [0.05, 0.1) is 0 Å². The summed E-state index contributed by atoms with van der Waals surface area (Å²) in [5.74, 6) is 0.339. The summed E-state index contributed by atoms with van der Waals surface area (Å²) >= 11 is 0. The van der Waals surface area contributed by atoms with E-state index < -0.39 is 0 Å². The Morgan fingerprint density at radius 1 is 0.955 bits per heavy atom. The Morgan fingerprint density at radius 3 is 2.14 bits per heavy atom. The molecule has 0 aliphatic carbocycles. The summed E-state index contributed by atoms with van der Waals surface area (Å²) in [6.45, 7) is 2.53. The van der Waals surface area contributed by atoms with Crippen molar-refractivity contribution in [2.24, 2.45) is 11.7 Å². The molecule has 0 rings (SSSR count). The van der Waals surface area contributed by atoms with Crippen molar-refractivity contribution >= 4 is 5.91 Å². The van der Waals surface area contributed by atoms with Crippen molar-refractivity contribution in [3.05, 3.63) is 12.2 Å². The molecule has 3 nitrogen and oxygen atoms in total. The molecule has 0 saturated carbocycles. The van der Waals surface area contributed by atoms with E-state index in [1.165, 1.54) is 57.8 Å². The maximum Gasteiger partial charge on any atom is 0.217 e. The molecule has 0 aromatic rings. The second-order valence-electron chi connectivity index (χ2n) is 6.37. The van der Waals surface area contributed by atoms with Gasteiger partial charge in [-0.15, -0.1) is 0 Å². The van der Waals surface area contributed by atoms with Crippen LogP contribution in [0.3, 0.4) is 0 Å². The smallest absolute Gasteiger partial charge is 0.217 e. The maximum atomic E-state index is 10.6. The first-order valence-corrected chi connectivity index (χ1v) is 9.24. The van der Waals surface area contributed by atoms with Crippen LogP contribution in [0.2, 0.25) is 0 Å². The SMILES string of the molecule is CCCC(CO)CCCC/C=C\CCCCCCCC(N)=O. The van der Waals surface area contributed by atoms with Crippen molar-refractivity contribution in [3.8, 4) is 0 Å². The van der Waals surface area contributed by atoms with Crippen LogP contribution in [-0.4, -0.2) is 17.6 Å². The van der Waals surface area contributed by atoms with Crippen LogP contribution in [-0.2, 0) is 4.79 Å². The molecule has 0 fully saturated rings. The Kier molecular flexibility index (Phi) is 15.9. The first-order chi connectivity index (χ1) is 10.7. The van der Waals surface area contributed by atoms with E-state index in [1.807, 2.05) is 0 Å². The van der Waals surface area contributed by atoms with Crippen molar-refractivity contribution in [3.63, 3.8) is 0 Å². The van der Waals surface area contributed by atoms with Gasteiger partial charge in [0.25, 0.3) is 0 Å². The third-order valence-corrected chi connectivity index (χ3v) is 4.15. The molecule has 0 aliphatic rings. The van der Waals surface area contributed by atoms with Crippen molar-refractivity contribution in [1.82, 2.24) is 0 Å². The maximum absolute atomic E-state index is 10.6.